The van der Waals surface area contributed by atoms with Gasteiger partial charge in [-0.05, 0) is 44.9 Å². The molecule has 1 N–H and O–H groups in total. The van der Waals surface area contributed by atoms with E-state index in [0.717, 1.165) is 24.5 Å². The fraction of sp³-hybridized carbons (Fsp3) is 0.368. The molecule has 1 atom stereocenters. The summed E-state index contributed by atoms with van der Waals surface area (Å²) in [5.74, 6) is 0.925. The van der Waals surface area contributed by atoms with Gasteiger partial charge in [-0.3, -0.25) is 0 Å². The van der Waals surface area contributed by atoms with Gasteiger partial charge in [0.25, 0.3) is 0 Å². The van der Waals surface area contributed by atoms with Gasteiger partial charge in [0.05, 0.1) is 6.61 Å². The number of aryl methyl sites for hydroxylation is 2. The molecule has 0 heterocycles. The van der Waals surface area contributed by atoms with Crippen LogP contribution in [0.25, 0.3) is 0 Å². The highest BCUT2D eigenvalue weighted by Crippen LogP contribution is 2.24. The van der Waals surface area contributed by atoms with E-state index < -0.39 is 0 Å². The molecule has 0 aliphatic rings. The Balaban J connectivity index is 2.09. The van der Waals surface area contributed by atoms with Crippen LogP contribution >= 0.6 is 0 Å². The van der Waals surface area contributed by atoms with E-state index in [-0.39, 0.29) is 6.04 Å². The number of benzene rings is 2. The molecule has 0 bridgehead atoms. The van der Waals surface area contributed by atoms with Crippen LogP contribution in [0.1, 0.15) is 43.0 Å². The number of ether oxygens (including phenoxy) is 1. The maximum Gasteiger partial charge on any atom is 0.121 e. The van der Waals surface area contributed by atoms with Gasteiger partial charge < -0.3 is 10.1 Å². The molecule has 0 fully saturated rings. The first kappa shape index (κ1) is 15.4. The molecule has 21 heavy (non-hydrogen) atoms. The molecule has 2 heteroatoms. The lowest BCUT2D eigenvalue weighted by Crippen LogP contribution is -2.07. The Morgan fingerprint density at radius 3 is 2.43 bits per heavy atom. The van der Waals surface area contributed by atoms with Crippen molar-refractivity contribution in [3.63, 3.8) is 0 Å². The number of anilines is 1. The van der Waals surface area contributed by atoms with E-state index in [4.69, 9.17) is 4.74 Å². The van der Waals surface area contributed by atoms with Crippen molar-refractivity contribution in [3.8, 4) is 5.75 Å². The van der Waals surface area contributed by atoms with Crippen LogP contribution in [0.4, 0.5) is 5.69 Å². The molecule has 0 radical (unpaired) electrons. The van der Waals surface area contributed by atoms with E-state index in [9.17, 15) is 0 Å². The van der Waals surface area contributed by atoms with Crippen LogP contribution in [0.15, 0.2) is 42.5 Å². The zero-order chi connectivity index (χ0) is 15.2. The first-order valence-electron chi connectivity index (χ1n) is 7.66. The van der Waals surface area contributed by atoms with Crippen LogP contribution in [0.3, 0.4) is 0 Å². The maximum atomic E-state index is 5.68. The van der Waals surface area contributed by atoms with Crippen LogP contribution in [0.5, 0.6) is 5.75 Å². The van der Waals surface area contributed by atoms with Crippen molar-refractivity contribution in [3.05, 3.63) is 59.2 Å². The molecule has 0 amide bonds. The first-order chi connectivity index (χ1) is 10.1. The molecule has 0 aliphatic heterocycles. The van der Waals surface area contributed by atoms with Crippen molar-refractivity contribution in [1.82, 2.24) is 0 Å². The molecule has 1 unspecified atom stereocenters. The van der Waals surface area contributed by atoms with Crippen LogP contribution in [0, 0.1) is 13.8 Å². The van der Waals surface area contributed by atoms with Crippen molar-refractivity contribution in [2.45, 2.75) is 40.2 Å². The number of hydrogen-bond acceptors (Lipinski definition) is 2. The maximum absolute atomic E-state index is 5.68. The standard InChI is InChI=1S/C19H25NO/c1-5-9-21-19-8-6-7-18(13-19)20-16(4)17-11-14(2)10-15(3)12-17/h6-8,10-13,16,20H,5,9H2,1-4H3. The summed E-state index contributed by atoms with van der Waals surface area (Å²) in [4.78, 5) is 0. The van der Waals surface area contributed by atoms with Gasteiger partial charge in [0.2, 0.25) is 0 Å². The number of nitrogens with one attached hydrogen (secondary N) is 1. The summed E-state index contributed by atoms with van der Waals surface area (Å²) in [5, 5.41) is 3.55. The Bertz CT molecular complexity index is 572. The van der Waals surface area contributed by atoms with Gasteiger partial charge in [0.15, 0.2) is 0 Å². The van der Waals surface area contributed by atoms with Crippen molar-refractivity contribution in [2.24, 2.45) is 0 Å². The van der Waals surface area contributed by atoms with E-state index in [1.54, 1.807) is 0 Å². The van der Waals surface area contributed by atoms with Gasteiger partial charge >= 0.3 is 0 Å². The van der Waals surface area contributed by atoms with Gasteiger partial charge in [-0.1, -0.05) is 42.3 Å². The summed E-state index contributed by atoms with van der Waals surface area (Å²) < 4.78 is 5.68. The normalized spacial score (nSPS) is 12.0. The van der Waals surface area contributed by atoms with Crippen molar-refractivity contribution >= 4 is 5.69 Å². The molecule has 2 aromatic carbocycles. The van der Waals surface area contributed by atoms with Gasteiger partial charge in [-0.25, -0.2) is 0 Å². The quantitative estimate of drug-likeness (QED) is 0.780. The molecule has 0 aliphatic carbocycles. The lowest BCUT2D eigenvalue weighted by molar-refractivity contribution is 0.317. The summed E-state index contributed by atoms with van der Waals surface area (Å²) in [5.41, 5.74) is 5.01. The third kappa shape index (κ3) is 4.52. The highest BCUT2D eigenvalue weighted by molar-refractivity contribution is 5.50. The van der Waals surface area contributed by atoms with Crippen LogP contribution in [-0.2, 0) is 0 Å². The second-order valence-corrected chi connectivity index (χ2v) is 5.66. The highest BCUT2D eigenvalue weighted by atomic mass is 16.5. The minimum atomic E-state index is 0.269. The zero-order valence-electron chi connectivity index (χ0n) is 13.4. The average molecular weight is 283 g/mol. The smallest absolute Gasteiger partial charge is 0.121 e. The molecule has 2 aromatic rings. The molecule has 0 saturated heterocycles. The molecular formula is C19H25NO. The molecule has 2 nitrogen and oxygen atoms in total. The fourth-order valence-electron chi connectivity index (χ4n) is 2.49. The molecule has 2 rings (SSSR count). The molecule has 0 aromatic heterocycles. The van der Waals surface area contributed by atoms with Crippen molar-refractivity contribution in [1.29, 1.82) is 0 Å². The second kappa shape index (κ2) is 7.16. The number of hydrogen-bond donors (Lipinski definition) is 1. The van der Waals surface area contributed by atoms with Gasteiger partial charge in [-0.15, -0.1) is 0 Å². The Kier molecular flexibility index (Phi) is 5.26. The van der Waals surface area contributed by atoms with Crippen molar-refractivity contribution < 1.29 is 4.74 Å². The summed E-state index contributed by atoms with van der Waals surface area (Å²) in [6.45, 7) is 9.35. The molecular weight excluding hydrogens is 258 g/mol. The van der Waals surface area contributed by atoms with E-state index in [2.05, 4.69) is 63.3 Å². The van der Waals surface area contributed by atoms with E-state index >= 15 is 0 Å². The topological polar surface area (TPSA) is 21.3 Å². The fourth-order valence-corrected chi connectivity index (χ4v) is 2.49. The Labute approximate surface area is 128 Å². The third-order valence-corrected chi connectivity index (χ3v) is 3.43. The Morgan fingerprint density at radius 2 is 1.76 bits per heavy atom. The summed E-state index contributed by atoms with van der Waals surface area (Å²) in [6, 6.07) is 15.1. The van der Waals surface area contributed by atoms with Gasteiger partial charge in [0, 0.05) is 17.8 Å². The van der Waals surface area contributed by atoms with Crippen LogP contribution < -0.4 is 10.1 Å². The largest absolute Gasteiger partial charge is 0.494 e. The Morgan fingerprint density at radius 1 is 1.05 bits per heavy atom. The first-order valence-corrected chi connectivity index (χ1v) is 7.66. The van der Waals surface area contributed by atoms with E-state index in [0.29, 0.717) is 0 Å². The second-order valence-electron chi connectivity index (χ2n) is 5.66. The summed E-state index contributed by atoms with van der Waals surface area (Å²) >= 11 is 0. The lowest BCUT2D eigenvalue weighted by atomic mass is 10.0. The SMILES string of the molecule is CCCOc1cccc(NC(C)c2cc(C)cc(C)c2)c1. The van der Waals surface area contributed by atoms with E-state index in [1.807, 2.05) is 12.1 Å². The summed E-state index contributed by atoms with van der Waals surface area (Å²) in [6.07, 6.45) is 1.02. The zero-order valence-corrected chi connectivity index (χ0v) is 13.4. The minimum Gasteiger partial charge on any atom is -0.494 e. The summed E-state index contributed by atoms with van der Waals surface area (Å²) in [7, 11) is 0. The molecule has 112 valence electrons. The monoisotopic (exact) mass is 283 g/mol. The van der Waals surface area contributed by atoms with Gasteiger partial charge in [-0.2, -0.15) is 0 Å². The number of rotatable bonds is 6. The predicted molar refractivity (Wildman–Crippen MR) is 90.2 cm³/mol. The van der Waals surface area contributed by atoms with Crippen LogP contribution in [-0.4, -0.2) is 6.61 Å². The van der Waals surface area contributed by atoms with Gasteiger partial charge in [0.1, 0.15) is 5.75 Å². The molecule has 0 saturated carbocycles. The van der Waals surface area contributed by atoms with E-state index in [1.165, 1.54) is 16.7 Å². The third-order valence-electron chi connectivity index (χ3n) is 3.43. The average Bonchev–Trinajstić information content (AvgIpc) is 2.44. The Hall–Kier alpha value is -1.96. The predicted octanol–water partition coefficient (Wildman–Crippen LogP) is 5.27. The highest BCUT2D eigenvalue weighted by Gasteiger charge is 2.07. The van der Waals surface area contributed by atoms with Crippen LogP contribution in [0.2, 0.25) is 0 Å². The molecule has 0 spiro atoms. The minimum absolute atomic E-state index is 0.269. The lowest BCUT2D eigenvalue weighted by Gasteiger charge is -2.17. The van der Waals surface area contributed by atoms with Crippen molar-refractivity contribution in [2.75, 3.05) is 11.9 Å².